The lowest BCUT2D eigenvalue weighted by atomic mass is 9.81. The summed E-state index contributed by atoms with van der Waals surface area (Å²) in [4.78, 5) is 16.2. The van der Waals surface area contributed by atoms with E-state index in [1.165, 1.54) is 0 Å². The minimum absolute atomic E-state index is 0.200. The van der Waals surface area contributed by atoms with Gasteiger partial charge in [-0.1, -0.05) is 0 Å². The summed E-state index contributed by atoms with van der Waals surface area (Å²) < 4.78 is 5.22. The van der Waals surface area contributed by atoms with Gasteiger partial charge in [-0.3, -0.25) is 9.78 Å². The zero-order chi connectivity index (χ0) is 13.7. The summed E-state index contributed by atoms with van der Waals surface area (Å²) in [6.45, 7) is 3.31. The predicted octanol–water partition coefficient (Wildman–Crippen LogP) is 1.33. The molecule has 1 N–H and O–H groups in total. The van der Waals surface area contributed by atoms with Gasteiger partial charge in [-0.15, -0.1) is 0 Å². The Labute approximate surface area is 112 Å². The first kappa shape index (κ1) is 13.5. The van der Waals surface area contributed by atoms with Crippen LogP contribution in [-0.4, -0.2) is 24.1 Å². The highest BCUT2D eigenvalue weighted by Crippen LogP contribution is 2.29. The predicted molar refractivity (Wildman–Crippen MR) is 68.9 cm³/mol. The number of hydrogen-bond acceptors (Lipinski definition) is 4. The normalized spacial score (nSPS) is 17.5. The van der Waals surface area contributed by atoms with Crippen molar-refractivity contribution in [1.82, 2.24) is 10.3 Å². The fourth-order valence-electron chi connectivity index (χ4n) is 2.15. The van der Waals surface area contributed by atoms with Crippen molar-refractivity contribution < 1.29 is 9.53 Å². The Hall–Kier alpha value is -1.93. The number of rotatable bonds is 3. The summed E-state index contributed by atoms with van der Waals surface area (Å²) in [7, 11) is 0. The van der Waals surface area contributed by atoms with Crippen molar-refractivity contribution in [1.29, 1.82) is 5.26 Å². The van der Waals surface area contributed by atoms with E-state index in [0.29, 0.717) is 32.6 Å². The number of nitrogens with one attached hydrogen (secondary N) is 1. The SMILES string of the molecule is Cc1cnccc1CNC(=O)C1(C#N)CCOCC1. The van der Waals surface area contributed by atoms with Crippen LogP contribution in [-0.2, 0) is 16.1 Å². The van der Waals surface area contributed by atoms with Crippen molar-refractivity contribution >= 4 is 5.91 Å². The molecule has 5 heteroatoms. The van der Waals surface area contributed by atoms with Crippen LogP contribution in [0.2, 0.25) is 0 Å². The molecule has 0 aromatic carbocycles. The average molecular weight is 259 g/mol. The second-order valence-electron chi connectivity index (χ2n) is 4.79. The van der Waals surface area contributed by atoms with E-state index in [4.69, 9.17) is 4.74 Å². The summed E-state index contributed by atoms with van der Waals surface area (Å²) in [5, 5.41) is 12.1. The van der Waals surface area contributed by atoms with Crippen molar-refractivity contribution in [3.63, 3.8) is 0 Å². The molecule has 1 amide bonds. The van der Waals surface area contributed by atoms with Gasteiger partial charge < -0.3 is 10.1 Å². The largest absolute Gasteiger partial charge is 0.381 e. The molecule has 0 atom stereocenters. The molecule has 0 aliphatic carbocycles. The van der Waals surface area contributed by atoms with E-state index in [0.717, 1.165) is 11.1 Å². The minimum atomic E-state index is -0.931. The van der Waals surface area contributed by atoms with E-state index in [1.807, 2.05) is 13.0 Å². The maximum absolute atomic E-state index is 12.2. The van der Waals surface area contributed by atoms with Crippen LogP contribution >= 0.6 is 0 Å². The Balaban J connectivity index is 2.01. The monoisotopic (exact) mass is 259 g/mol. The average Bonchev–Trinajstić information content (AvgIpc) is 2.46. The summed E-state index contributed by atoms with van der Waals surface area (Å²) in [6.07, 6.45) is 4.38. The lowest BCUT2D eigenvalue weighted by Crippen LogP contribution is -2.43. The maximum Gasteiger partial charge on any atom is 0.240 e. The number of pyridine rings is 1. The number of nitriles is 1. The third-order valence-corrected chi connectivity index (χ3v) is 3.57. The molecular weight excluding hydrogens is 242 g/mol. The fourth-order valence-corrected chi connectivity index (χ4v) is 2.15. The van der Waals surface area contributed by atoms with Gasteiger partial charge in [-0.05, 0) is 37.0 Å². The number of ether oxygens (including phenoxy) is 1. The Morgan fingerprint density at radius 2 is 2.32 bits per heavy atom. The Bertz CT molecular complexity index is 502. The van der Waals surface area contributed by atoms with Gasteiger partial charge >= 0.3 is 0 Å². The smallest absolute Gasteiger partial charge is 0.240 e. The van der Waals surface area contributed by atoms with Gasteiger partial charge in [0.05, 0.1) is 6.07 Å². The quantitative estimate of drug-likeness (QED) is 0.888. The zero-order valence-corrected chi connectivity index (χ0v) is 11.0. The number of aromatic nitrogens is 1. The summed E-state index contributed by atoms with van der Waals surface area (Å²) in [5.74, 6) is -0.200. The van der Waals surface area contributed by atoms with E-state index >= 15 is 0 Å². The summed E-state index contributed by atoms with van der Waals surface area (Å²) >= 11 is 0. The van der Waals surface area contributed by atoms with Crippen LogP contribution in [0.1, 0.15) is 24.0 Å². The molecule has 2 heterocycles. The highest BCUT2D eigenvalue weighted by Gasteiger charge is 2.40. The molecule has 1 fully saturated rings. The van der Waals surface area contributed by atoms with Gasteiger partial charge in [0.15, 0.2) is 0 Å². The number of carbonyl (C=O) groups excluding carboxylic acids is 1. The summed E-state index contributed by atoms with van der Waals surface area (Å²) in [5.41, 5.74) is 1.11. The van der Waals surface area contributed by atoms with Crippen LogP contribution in [0.15, 0.2) is 18.5 Å². The first-order valence-corrected chi connectivity index (χ1v) is 6.35. The van der Waals surface area contributed by atoms with Crippen LogP contribution in [0.25, 0.3) is 0 Å². The van der Waals surface area contributed by atoms with Gasteiger partial charge in [-0.25, -0.2) is 0 Å². The maximum atomic E-state index is 12.2. The highest BCUT2D eigenvalue weighted by molar-refractivity contribution is 5.85. The molecule has 5 nitrogen and oxygen atoms in total. The first-order valence-electron chi connectivity index (χ1n) is 6.35. The van der Waals surface area contributed by atoms with E-state index in [2.05, 4.69) is 16.4 Å². The molecule has 19 heavy (non-hydrogen) atoms. The first-order chi connectivity index (χ1) is 9.18. The van der Waals surface area contributed by atoms with Crippen molar-refractivity contribution in [2.45, 2.75) is 26.3 Å². The van der Waals surface area contributed by atoms with Crippen molar-refractivity contribution in [3.8, 4) is 6.07 Å². The lowest BCUT2D eigenvalue weighted by molar-refractivity contribution is -0.132. The van der Waals surface area contributed by atoms with Crippen LogP contribution in [0.5, 0.6) is 0 Å². The molecule has 2 rings (SSSR count). The molecule has 1 aromatic rings. The fraction of sp³-hybridized carbons (Fsp3) is 0.500. The standard InChI is InChI=1S/C14H17N3O2/c1-11-8-16-5-2-12(11)9-17-13(18)14(10-15)3-6-19-7-4-14/h2,5,8H,3-4,6-7,9H2,1H3,(H,17,18). The second kappa shape index (κ2) is 5.81. The highest BCUT2D eigenvalue weighted by atomic mass is 16.5. The van der Waals surface area contributed by atoms with Gasteiger partial charge in [-0.2, -0.15) is 5.26 Å². The topological polar surface area (TPSA) is 75.0 Å². The molecule has 0 bridgehead atoms. The van der Waals surface area contributed by atoms with E-state index in [1.54, 1.807) is 12.4 Å². The van der Waals surface area contributed by atoms with Gasteiger partial charge in [0.1, 0.15) is 5.41 Å². The number of amides is 1. The molecule has 0 spiro atoms. The molecular formula is C14H17N3O2. The number of carbonyl (C=O) groups is 1. The van der Waals surface area contributed by atoms with Crippen molar-refractivity contribution in [3.05, 3.63) is 29.6 Å². The van der Waals surface area contributed by atoms with E-state index in [-0.39, 0.29) is 5.91 Å². The molecule has 0 unspecified atom stereocenters. The molecule has 100 valence electrons. The van der Waals surface area contributed by atoms with E-state index in [9.17, 15) is 10.1 Å². The molecule has 1 aliphatic heterocycles. The number of hydrogen-bond donors (Lipinski definition) is 1. The van der Waals surface area contributed by atoms with Crippen LogP contribution < -0.4 is 5.32 Å². The van der Waals surface area contributed by atoms with Crippen LogP contribution in [0.3, 0.4) is 0 Å². The molecule has 1 aromatic heterocycles. The molecule has 0 radical (unpaired) electrons. The third-order valence-electron chi connectivity index (χ3n) is 3.57. The molecule has 0 saturated carbocycles. The van der Waals surface area contributed by atoms with Crippen LogP contribution in [0.4, 0.5) is 0 Å². The number of nitrogens with zero attached hydrogens (tertiary/aromatic N) is 2. The van der Waals surface area contributed by atoms with Gasteiger partial charge in [0.2, 0.25) is 5.91 Å². The van der Waals surface area contributed by atoms with Gasteiger partial charge in [0.25, 0.3) is 0 Å². The zero-order valence-electron chi connectivity index (χ0n) is 11.0. The third kappa shape index (κ3) is 2.91. The second-order valence-corrected chi connectivity index (χ2v) is 4.79. The van der Waals surface area contributed by atoms with E-state index < -0.39 is 5.41 Å². The molecule has 1 saturated heterocycles. The Morgan fingerprint density at radius 3 is 2.95 bits per heavy atom. The lowest BCUT2D eigenvalue weighted by Gasteiger charge is -2.29. The van der Waals surface area contributed by atoms with Gasteiger partial charge in [0, 0.05) is 32.2 Å². The summed E-state index contributed by atoms with van der Waals surface area (Å²) in [6, 6.07) is 4.04. The van der Waals surface area contributed by atoms with Crippen molar-refractivity contribution in [2.24, 2.45) is 5.41 Å². The van der Waals surface area contributed by atoms with Crippen molar-refractivity contribution in [2.75, 3.05) is 13.2 Å². The number of aryl methyl sites for hydroxylation is 1. The minimum Gasteiger partial charge on any atom is -0.381 e. The Kier molecular flexibility index (Phi) is 4.13. The Morgan fingerprint density at radius 1 is 1.58 bits per heavy atom. The van der Waals surface area contributed by atoms with Crippen LogP contribution in [0, 0.1) is 23.7 Å². The molecule has 1 aliphatic rings.